The molecule has 22 heavy (non-hydrogen) atoms. The highest BCUT2D eigenvalue weighted by atomic mass is 32.2. The number of amides is 1. The second kappa shape index (κ2) is 5.79. The zero-order valence-electron chi connectivity index (χ0n) is 11.6. The summed E-state index contributed by atoms with van der Waals surface area (Å²) in [6.07, 6.45) is -4.43. The van der Waals surface area contributed by atoms with Crippen molar-refractivity contribution in [3.8, 4) is 5.75 Å². The molecule has 2 rings (SSSR count). The van der Waals surface area contributed by atoms with Crippen molar-refractivity contribution < 1.29 is 31.1 Å². The molecule has 0 aliphatic carbocycles. The van der Waals surface area contributed by atoms with Gasteiger partial charge in [-0.3, -0.25) is 4.79 Å². The fourth-order valence-corrected chi connectivity index (χ4v) is 4.02. The van der Waals surface area contributed by atoms with Gasteiger partial charge in [0.1, 0.15) is 5.75 Å². The van der Waals surface area contributed by atoms with Crippen LogP contribution in [0.3, 0.4) is 0 Å². The molecule has 1 heterocycles. The van der Waals surface area contributed by atoms with Crippen molar-refractivity contribution in [2.75, 3.05) is 18.6 Å². The van der Waals surface area contributed by atoms with Gasteiger partial charge in [-0.25, -0.2) is 8.42 Å². The average Bonchev–Trinajstić information content (AvgIpc) is 2.76. The molecule has 0 spiro atoms. The lowest BCUT2D eigenvalue weighted by Crippen LogP contribution is -2.37. The van der Waals surface area contributed by atoms with E-state index < -0.39 is 33.9 Å². The zero-order chi connectivity index (χ0) is 16.5. The Morgan fingerprint density at radius 1 is 1.27 bits per heavy atom. The lowest BCUT2D eigenvalue weighted by Gasteiger charge is -2.23. The fourth-order valence-electron chi connectivity index (χ4n) is 2.25. The van der Waals surface area contributed by atoms with Crippen LogP contribution in [0, 0.1) is 0 Å². The number of carbonyl (C=O) groups is 1. The van der Waals surface area contributed by atoms with Gasteiger partial charge in [-0.15, -0.1) is 13.2 Å². The summed E-state index contributed by atoms with van der Waals surface area (Å²) in [6.45, 7) is 0. The maximum atomic E-state index is 12.2. The van der Waals surface area contributed by atoms with Crippen molar-refractivity contribution in [1.29, 1.82) is 0 Å². The number of benzene rings is 1. The number of nitrogens with zero attached hydrogens (tertiary/aromatic N) is 1. The molecule has 0 bridgehead atoms. The molecule has 1 atom stereocenters. The molecule has 9 heteroatoms. The molecule has 0 N–H and O–H groups in total. The largest absolute Gasteiger partial charge is 0.573 e. The molecule has 122 valence electrons. The number of carbonyl (C=O) groups excluding carboxylic acids is 1. The van der Waals surface area contributed by atoms with Crippen LogP contribution in [0.5, 0.6) is 5.75 Å². The van der Waals surface area contributed by atoms with E-state index in [-0.39, 0.29) is 17.1 Å². The number of alkyl halides is 3. The molecule has 1 aromatic rings. The first-order chi connectivity index (χ1) is 10.1. The molecule has 0 radical (unpaired) electrons. The fraction of sp³-hybridized carbons (Fsp3) is 0.462. The van der Waals surface area contributed by atoms with Gasteiger partial charge in [0, 0.05) is 18.7 Å². The molecular formula is C13H14F3NO4S. The monoisotopic (exact) mass is 337 g/mol. The van der Waals surface area contributed by atoms with E-state index in [0.29, 0.717) is 6.42 Å². The molecule has 1 fully saturated rings. The van der Waals surface area contributed by atoms with Crippen molar-refractivity contribution in [2.24, 2.45) is 0 Å². The highest BCUT2D eigenvalue weighted by Crippen LogP contribution is 2.24. The van der Waals surface area contributed by atoms with E-state index in [1.54, 1.807) is 0 Å². The summed E-state index contributed by atoms with van der Waals surface area (Å²) < 4.78 is 62.7. The third kappa shape index (κ3) is 4.12. The summed E-state index contributed by atoms with van der Waals surface area (Å²) in [7, 11) is -1.64. The van der Waals surface area contributed by atoms with E-state index in [0.717, 1.165) is 12.1 Å². The van der Waals surface area contributed by atoms with Gasteiger partial charge in [0.2, 0.25) is 0 Å². The number of hydrogen-bond acceptors (Lipinski definition) is 4. The molecule has 0 unspecified atom stereocenters. The van der Waals surface area contributed by atoms with Crippen LogP contribution in [0.4, 0.5) is 13.2 Å². The average molecular weight is 337 g/mol. The summed E-state index contributed by atoms with van der Waals surface area (Å²) in [5.41, 5.74) is 0.168. The molecule has 1 aliphatic heterocycles. The maximum Gasteiger partial charge on any atom is 0.573 e. The standard InChI is InChI=1S/C13H14F3NO4S/c1-17(10-6-7-22(19,20)8-10)12(18)9-2-4-11(5-3-9)21-13(14,15)16/h2-5,10H,6-8H2,1H3/t10-/m0/s1. The highest BCUT2D eigenvalue weighted by molar-refractivity contribution is 7.91. The molecule has 0 aromatic heterocycles. The SMILES string of the molecule is CN(C(=O)c1ccc(OC(F)(F)F)cc1)[C@H]1CCS(=O)(=O)C1. The van der Waals surface area contributed by atoms with Crippen LogP contribution in [0.25, 0.3) is 0 Å². The van der Waals surface area contributed by atoms with Crippen molar-refractivity contribution in [3.05, 3.63) is 29.8 Å². The summed E-state index contributed by atoms with van der Waals surface area (Å²) >= 11 is 0. The molecular weight excluding hydrogens is 323 g/mol. The van der Waals surface area contributed by atoms with Crippen LogP contribution in [0.1, 0.15) is 16.8 Å². The Hall–Kier alpha value is -1.77. The minimum atomic E-state index is -4.79. The third-order valence-corrected chi connectivity index (χ3v) is 5.16. The van der Waals surface area contributed by atoms with Crippen molar-refractivity contribution in [2.45, 2.75) is 18.8 Å². The highest BCUT2D eigenvalue weighted by Gasteiger charge is 2.33. The summed E-state index contributed by atoms with van der Waals surface area (Å²) in [4.78, 5) is 13.5. The number of halogens is 3. The predicted molar refractivity (Wildman–Crippen MR) is 72.3 cm³/mol. The van der Waals surface area contributed by atoms with Gasteiger partial charge < -0.3 is 9.64 Å². The first-order valence-electron chi connectivity index (χ1n) is 6.41. The molecule has 1 amide bonds. The first-order valence-corrected chi connectivity index (χ1v) is 8.23. The van der Waals surface area contributed by atoms with Crippen molar-refractivity contribution in [1.82, 2.24) is 4.90 Å². The molecule has 1 aromatic carbocycles. The van der Waals surface area contributed by atoms with Crippen molar-refractivity contribution in [3.63, 3.8) is 0 Å². The summed E-state index contributed by atoms with van der Waals surface area (Å²) in [5.74, 6) is -0.922. The summed E-state index contributed by atoms with van der Waals surface area (Å²) in [6, 6.07) is 4.09. The van der Waals surface area contributed by atoms with Crippen molar-refractivity contribution >= 4 is 15.7 Å². The Bertz CT molecular complexity index is 655. The van der Waals surface area contributed by atoms with E-state index in [9.17, 15) is 26.4 Å². The van der Waals surface area contributed by atoms with E-state index in [2.05, 4.69) is 4.74 Å². The molecule has 1 aliphatic rings. The van der Waals surface area contributed by atoms with Gasteiger partial charge >= 0.3 is 6.36 Å². The normalized spacial score (nSPS) is 20.6. The number of hydrogen-bond donors (Lipinski definition) is 0. The molecule has 0 saturated carbocycles. The zero-order valence-corrected chi connectivity index (χ0v) is 12.4. The number of sulfone groups is 1. The maximum absolute atomic E-state index is 12.2. The van der Waals surface area contributed by atoms with Crippen LogP contribution in [0.15, 0.2) is 24.3 Å². The quantitative estimate of drug-likeness (QED) is 0.844. The smallest absolute Gasteiger partial charge is 0.406 e. The lowest BCUT2D eigenvalue weighted by atomic mass is 10.1. The third-order valence-electron chi connectivity index (χ3n) is 3.41. The van der Waals surface area contributed by atoms with Gasteiger partial charge in [-0.05, 0) is 30.7 Å². The Morgan fingerprint density at radius 2 is 1.86 bits per heavy atom. The Morgan fingerprint density at radius 3 is 2.32 bits per heavy atom. The minimum absolute atomic E-state index is 0.0354. The van der Waals surface area contributed by atoms with Crippen LogP contribution < -0.4 is 4.74 Å². The second-order valence-electron chi connectivity index (χ2n) is 5.05. The van der Waals surface area contributed by atoms with Crippen LogP contribution in [0.2, 0.25) is 0 Å². The van der Waals surface area contributed by atoms with Crippen LogP contribution in [-0.2, 0) is 9.84 Å². The first kappa shape index (κ1) is 16.6. The van der Waals surface area contributed by atoms with Gasteiger partial charge in [0.15, 0.2) is 9.84 Å². The van der Waals surface area contributed by atoms with Crippen LogP contribution >= 0.6 is 0 Å². The van der Waals surface area contributed by atoms with E-state index in [1.165, 1.54) is 24.1 Å². The van der Waals surface area contributed by atoms with Gasteiger partial charge in [-0.2, -0.15) is 0 Å². The Labute approximate surface area is 125 Å². The molecule has 5 nitrogen and oxygen atoms in total. The number of rotatable bonds is 3. The summed E-state index contributed by atoms with van der Waals surface area (Å²) in [5, 5.41) is 0. The second-order valence-corrected chi connectivity index (χ2v) is 7.27. The van der Waals surface area contributed by atoms with Crippen LogP contribution in [-0.4, -0.2) is 50.2 Å². The Kier molecular flexibility index (Phi) is 4.37. The predicted octanol–water partition coefficient (Wildman–Crippen LogP) is 1.84. The minimum Gasteiger partial charge on any atom is -0.406 e. The topological polar surface area (TPSA) is 63.7 Å². The van der Waals surface area contributed by atoms with Gasteiger partial charge in [0.05, 0.1) is 11.5 Å². The van der Waals surface area contributed by atoms with E-state index in [1.807, 2.05) is 0 Å². The van der Waals surface area contributed by atoms with E-state index >= 15 is 0 Å². The van der Waals surface area contributed by atoms with Gasteiger partial charge in [-0.1, -0.05) is 0 Å². The molecule has 1 saturated heterocycles. The van der Waals surface area contributed by atoms with Gasteiger partial charge in [0.25, 0.3) is 5.91 Å². The number of ether oxygens (including phenoxy) is 1. The van der Waals surface area contributed by atoms with E-state index in [4.69, 9.17) is 0 Å². The lowest BCUT2D eigenvalue weighted by molar-refractivity contribution is -0.274. The Balaban J connectivity index is 2.06.